The van der Waals surface area contributed by atoms with Crippen LogP contribution in [0.5, 0.6) is 0 Å². The molecule has 3 aliphatic carbocycles. The van der Waals surface area contributed by atoms with Gasteiger partial charge in [-0.05, 0) is 62.2 Å². The SMILES string of the molecule is C1CCC(C2CC2)[C](C2CC2)C1. The first-order valence-electron chi connectivity index (χ1n) is 5.81. The van der Waals surface area contributed by atoms with Gasteiger partial charge in [0.1, 0.15) is 0 Å². The molecule has 0 aromatic heterocycles. The smallest absolute Gasteiger partial charge is 0.0176 e. The fraction of sp³-hybridized carbons (Fsp3) is 0.917. The van der Waals surface area contributed by atoms with E-state index in [1.54, 1.807) is 32.1 Å². The Bertz CT molecular complexity index is 145. The summed E-state index contributed by atoms with van der Waals surface area (Å²) in [6.07, 6.45) is 12.3. The topological polar surface area (TPSA) is 0 Å². The maximum atomic E-state index is 2.02. The summed E-state index contributed by atoms with van der Waals surface area (Å²) >= 11 is 0. The Balaban J connectivity index is 1.68. The molecular weight excluding hydrogens is 144 g/mol. The molecule has 0 spiro atoms. The molecule has 1 radical (unpaired) electrons. The maximum absolute atomic E-state index is 2.02. The van der Waals surface area contributed by atoms with Crippen molar-refractivity contribution < 1.29 is 0 Å². The quantitative estimate of drug-likeness (QED) is 0.583. The summed E-state index contributed by atoms with van der Waals surface area (Å²) in [5.41, 5.74) is 0. The second-order valence-corrected chi connectivity index (χ2v) is 5.04. The van der Waals surface area contributed by atoms with Crippen LogP contribution in [0.3, 0.4) is 0 Å². The van der Waals surface area contributed by atoms with Gasteiger partial charge < -0.3 is 0 Å². The summed E-state index contributed by atoms with van der Waals surface area (Å²) in [6.45, 7) is 0. The zero-order valence-electron chi connectivity index (χ0n) is 7.89. The minimum absolute atomic E-state index is 1.10. The third-order valence-electron chi connectivity index (χ3n) is 4.00. The van der Waals surface area contributed by atoms with Crippen LogP contribution in [0, 0.1) is 23.7 Å². The van der Waals surface area contributed by atoms with Gasteiger partial charge in [-0.15, -0.1) is 0 Å². The van der Waals surface area contributed by atoms with Crippen molar-refractivity contribution in [3.05, 3.63) is 5.92 Å². The van der Waals surface area contributed by atoms with Crippen LogP contribution in [0.15, 0.2) is 0 Å². The van der Waals surface area contributed by atoms with Crippen molar-refractivity contribution in [3.63, 3.8) is 0 Å². The molecule has 3 rings (SSSR count). The molecule has 3 fully saturated rings. The molecule has 0 heteroatoms. The summed E-state index contributed by atoms with van der Waals surface area (Å²) in [6, 6.07) is 0. The minimum Gasteiger partial charge on any atom is -0.0530 e. The van der Waals surface area contributed by atoms with Crippen molar-refractivity contribution in [3.8, 4) is 0 Å². The first-order valence-corrected chi connectivity index (χ1v) is 5.81. The predicted molar refractivity (Wildman–Crippen MR) is 50.6 cm³/mol. The van der Waals surface area contributed by atoms with E-state index in [9.17, 15) is 0 Å². The summed E-state index contributed by atoms with van der Waals surface area (Å²) in [5, 5.41) is 0. The van der Waals surface area contributed by atoms with Crippen LogP contribution in [0.2, 0.25) is 0 Å². The maximum Gasteiger partial charge on any atom is -0.0176 e. The molecule has 0 amide bonds. The van der Waals surface area contributed by atoms with Crippen LogP contribution in [-0.4, -0.2) is 0 Å². The highest BCUT2D eigenvalue weighted by molar-refractivity contribution is 5.12. The first kappa shape index (κ1) is 7.41. The Kier molecular flexibility index (Phi) is 1.70. The lowest BCUT2D eigenvalue weighted by Crippen LogP contribution is -2.20. The van der Waals surface area contributed by atoms with Crippen molar-refractivity contribution >= 4 is 0 Å². The molecule has 0 saturated heterocycles. The number of rotatable bonds is 2. The van der Waals surface area contributed by atoms with Crippen molar-refractivity contribution in [2.45, 2.75) is 51.4 Å². The second-order valence-electron chi connectivity index (χ2n) is 5.04. The Hall–Kier alpha value is 0. The molecule has 0 bridgehead atoms. The van der Waals surface area contributed by atoms with E-state index in [4.69, 9.17) is 0 Å². The molecule has 0 aromatic carbocycles. The summed E-state index contributed by atoms with van der Waals surface area (Å²) in [5.74, 6) is 5.38. The number of hydrogen-bond donors (Lipinski definition) is 0. The van der Waals surface area contributed by atoms with E-state index in [0.717, 1.165) is 17.8 Å². The molecule has 0 aromatic rings. The van der Waals surface area contributed by atoms with Crippen LogP contribution in [-0.2, 0) is 0 Å². The molecule has 67 valence electrons. The van der Waals surface area contributed by atoms with E-state index < -0.39 is 0 Å². The lowest BCUT2D eigenvalue weighted by Gasteiger charge is -2.31. The average Bonchev–Trinajstić information content (AvgIpc) is 2.99. The lowest BCUT2D eigenvalue weighted by molar-refractivity contribution is 0.331. The highest BCUT2D eigenvalue weighted by atomic mass is 14.5. The van der Waals surface area contributed by atoms with Crippen LogP contribution >= 0.6 is 0 Å². The summed E-state index contributed by atoms with van der Waals surface area (Å²) in [7, 11) is 0. The molecule has 1 unspecified atom stereocenters. The average molecular weight is 163 g/mol. The molecule has 3 saturated carbocycles. The first-order chi connectivity index (χ1) is 5.95. The predicted octanol–water partition coefficient (Wildman–Crippen LogP) is 3.57. The highest BCUT2D eigenvalue weighted by Crippen LogP contribution is 2.55. The van der Waals surface area contributed by atoms with E-state index in [-0.39, 0.29) is 0 Å². The Morgan fingerprint density at radius 2 is 1.67 bits per heavy atom. The zero-order chi connectivity index (χ0) is 7.97. The normalized spacial score (nSPS) is 38.5. The van der Waals surface area contributed by atoms with Crippen LogP contribution in [0.25, 0.3) is 0 Å². The molecule has 0 heterocycles. The van der Waals surface area contributed by atoms with E-state index in [1.165, 1.54) is 19.3 Å². The van der Waals surface area contributed by atoms with Gasteiger partial charge in [-0.2, -0.15) is 0 Å². The van der Waals surface area contributed by atoms with Gasteiger partial charge in [0.25, 0.3) is 0 Å². The number of hydrogen-bond acceptors (Lipinski definition) is 0. The van der Waals surface area contributed by atoms with E-state index in [2.05, 4.69) is 0 Å². The molecule has 0 nitrogen and oxygen atoms in total. The van der Waals surface area contributed by atoms with E-state index >= 15 is 0 Å². The van der Waals surface area contributed by atoms with Gasteiger partial charge in [0.2, 0.25) is 0 Å². The van der Waals surface area contributed by atoms with Crippen molar-refractivity contribution in [2.75, 3.05) is 0 Å². The van der Waals surface area contributed by atoms with Gasteiger partial charge in [-0.25, -0.2) is 0 Å². The van der Waals surface area contributed by atoms with Gasteiger partial charge in [-0.3, -0.25) is 0 Å². The fourth-order valence-corrected chi connectivity index (χ4v) is 3.06. The fourth-order valence-electron chi connectivity index (χ4n) is 3.06. The van der Waals surface area contributed by atoms with E-state index in [0.29, 0.717) is 0 Å². The van der Waals surface area contributed by atoms with E-state index in [1.807, 2.05) is 5.92 Å². The van der Waals surface area contributed by atoms with Crippen molar-refractivity contribution in [2.24, 2.45) is 17.8 Å². The standard InChI is InChI=1S/C12H19/c1-2-4-12(10-7-8-10)11(3-1)9-5-6-9/h9-11H,1-8H2. The summed E-state index contributed by atoms with van der Waals surface area (Å²) in [4.78, 5) is 0. The Labute approximate surface area is 75.7 Å². The van der Waals surface area contributed by atoms with Gasteiger partial charge >= 0.3 is 0 Å². The molecular formula is C12H19. The van der Waals surface area contributed by atoms with Gasteiger partial charge in [0, 0.05) is 0 Å². The second kappa shape index (κ2) is 2.75. The van der Waals surface area contributed by atoms with Crippen LogP contribution in [0.1, 0.15) is 51.4 Å². The Morgan fingerprint density at radius 3 is 2.33 bits per heavy atom. The largest absolute Gasteiger partial charge is 0.0530 e. The molecule has 0 aliphatic heterocycles. The third-order valence-corrected chi connectivity index (χ3v) is 4.00. The molecule has 0 N–H and O–H groups in total. The molecule has 3 aliphatic rings. The lowest BCUT2D eigenvalue weighted by atomic mass is 9.74. The summed E-state index contributed by atoms with van der Waals surface area (Å²) < 4.78 is 0. The van der Waals surface area contributed by atoms with Crippen molar-refractivity contribution in [1.29, 1.82) is 0 Å². The monoisotopic (exact) mass is 163 g/mol. The third kappa shape index (κ3) is 1.30. The van der Waals surface area contributed by atoms with Crippen molar-refractivity contribution in [1.82, 2.24) is 0 Å². The minimum atomic E-state index is 1.10. The van der Waals surface area contributed by atoms with Crippen LogP contribution < -0.4 is 0 Å². The van der Waals surface area contributed by atoms with Crippen LogP contribution in [0.4, 0.5) is 0 Å². The van der Waals surface area contributed by atoms with Gasteiger partial charge in [-0.1, -0.05) is 12.8 Å². The highest BCUT2D eigenvalue weighted by Gasteiger charge is 2.44. The zero-order valence-corrected chi connectivity index (χ0v) is 7.89. The molecule has 12 heavy (non-hydrogen) atoms. The Morgan fingerprint density at radius 1 is 0.833 bits per heavy atom. The van der Waals surface area contributed by atoms with Gasteiger partial charge in [0.15, 0.2) is 0 Å². The molecule has 1 atom stereocenters. The van der Waals surface area contributed by atoms with Gasteiger partial charge in [0.05, 0.1) is 0 Å².